The fraction of sp³-hybridized carbons (Fsp3) is 0.364. The first kappa shape index (κ1) is 19.6. The van der Waals surface area contributed by atoms with Crippen molar-refractivity contribution in [3.05, 3.63) is 53.6 Å². The van der Waals surface area contributed by atoms with E-state index in [0.717, 1.165) is 5.52 Å². The SMILES string of the molecule is CC(C)(Oc1ccc(Cl)cc1)C(=O)N1CCC(Oc2nc3ccccc3o2)CC1. The number of oxazole rings is 1. The van der Waals surface area contributed by atoms with Crippen LogP contribution in [0.3, 0.4) is 0 Å². The Morgan fingerprint density at radius 2 is 1.83 bits per heavy atom. The predicted octanol–water partition coefficient (Wildman–Crippen LogP) is 4.71. The van der Waals surface area contributed by atoms with Crippen LogP contribution in [0.1, 0.15) is 26.7 Å². The second kappa shape index (κ2) is 7.95. The lowest BCUT2D eigenvalue weighted by atomic mass is 10.0. The van der Waals surface area contributed by atoms with Crippen molar-refractivity contribution in [2.75, 3.05) is 13.1 Å². The maximum absolute atomic E-state index is 13.0. The maximum atomic E-state index is 13.0. The van der Waals surface area contributed by atoms with E-state index in [2.05, 4.69) is 4.98 Å². The highest BCUT2D eigenvalue weighted by molar-refractivity contribution is 6.30. The highest BCUT2D eigenvalue weighted by atomic mass is 35.5. The van der Waals surface area contributed by atoms with Gasteiger partial charge in [-0.05, 0) is 50.2 Å². The van der Waals surface area contributed by atoms with Gasteiger partial charge in [0.2, 0.25) is 0 Å². The van der Waals surface area contributed by atoms with Gasteiger partial charge in [0, 0.05) is 31.0 Å². The molecule has 1 aromatic heterocycles. The Morgan fingerprint density at radius 1 is 1.14 bits per heavy atom. The van der Waals surface area contributed by atoms with Crippen LogP contribution in [-0.2, 0) is 4.79 Å². The summed E-state index contributed by atoms with van der Waals surface area (Å²) in [6.45, 7) is 4.75. The molecule has 2 heterocycles. The number of likely N-dealkylation sites (tertiary alicyclic amines) is 1. The standard InChI is InChI=1S/C22H23ClN2O4/c1-22(2,29-17-9-7-15(23)8-10-17)20(26)25-13-11-16(12-14-25)27-21-24-18-5-3-4-6-19(18)28-21/h3-10,16H,11-14H2,1-2H3. The number of rotatable bonds is 5. The number of halogens is 1. The average Bonchev–Trinajstić information content (AvgIpc) is 3.12. The number of carbonyl (C=O) groups excluding carboxylic acids is 1. The molecule has 2 aromatic carbocycles. The van der Waals surface area contributed by atoms with E-state index >= 15 is 0 Å². The molecule has 0 aliphatic carbocycles. The molecule has 0 bridgehead atoms. The van der Waals surface area contributed by atoms with Gasteiger partial charge in [-0.2, -0.15) is 4.98 Å². The van der Waals surface area contributed by atoms with E-state index in [1.807, 2.05) is 29.2 Å². The Bertz CT molecular complexity index is 958. The van der Waals surface area contributed by atoms with Gasteiger partial charge in [0.1, 0.15) is 17.4 Å². The molecule has 3 aromatic rings. The Labute approximate surface area is 174 Å². The number of hydrogen-bond acceptors (Lipinski definition) is 5. The van der Waals surface area contributed by atoms with Crippen LogP contribution in [0, 0.1) is 0 Å². The summed E-state index contributed by atoms with van der Waals surface area (Å²) in [7, 11) is 0. The van der Waals surface area contributed by atoms with E-state index in [4.69, 9.17) is 25.5 Å². The topological polar surface area (TPSA) is 64.8 Å². The quantitative estimate of drug-likeness (QED) is 0.605. The summed E-state index contributed by atoms with van der Waals surface area (Å²) in [6, 6.07) is 14.6. The number of hydrogen-bond donors (Lipinski definition) is 0. The summed E-state index contributed by atoms with van der Waals surface area (Å²) in [5.74, 6) is 0.565. The molecule has 152 valence electrons. The minimum absolute atomic E-state index is 0.0348. The van der Waals surface area contributed by atoms with Crippen molar-refractivity contribution < 1.29 is 18.7 Å². The molecule has 0 atom stereocenters. The van der Waals surface area contributed by atoms with Gasteiger partial charge in [0.25, 0.3) is 5.91 Å². The molecule has 1 aliphatic rings. The zero-order chi connectivity index (χ0) is 20.4. The molecule has 0 N–H and O–H groups in total. The van der Waals surface area contributed by atoms with Crippen molar-refractivity contribution in [1.29, 1.82) is 0 Å². The summed E-state index contributed by atoms with van der Waals surface area (Å²) < 4.78 is 17.5. The fourth-order valence-electron chi connectivity index (χ4n) is 3.44. The van der Waals surface area contributed by atoms with Crippen LogP contribution in [0.4, 0.5) is 0 Å². The van der Waals surface area contributed by atoms with Crippen LogP contribution in [-0.4, -0.2) is 40.6 Å². The molecule has 1 saturated heterocycles. The van der Waals surface area contributed by atoms with Crippen LogP contribution in [0.2, 0.25) is 5.02 Å². The number of piperidine rings is 1. The Kier molecular flexibility index (Phi) is 5.37. The van der Waals surface area contributed by atoms with Crippen LogP contribution in [0.25, 0.3) is 11.1 Å². The third-order valence-electron chi connectivity index (χ3n) is 4.97. The van der Waals surface area contributed by atoms with Crippen molar-refractivity contribution in [2.24, 2.45) is 0 Å². The monoisotopic (exact) mass is 414 g/mol. The first-order valence-electron chi connectivity index (χ1n) is 9.67. The predicted molar refractivity (Wildman–Crippen MR) is 110 cm³/mol. The molecule has 4 rings (SSSR count). The molecule has 0 spiro atoms. The lowest BCUT2D eigenvalue weighted by molar-refractivity contribution is -0.147. The van der Waals surface area contributed by atoms with Crippen LogP contribution < -0.4 is 9.47 Å². The largest absolute Gasteiger partial charge is 0.478 e. The Balaban J connectivity index is 1.33. The molecular formula is C22H23ClN2O4. The minimum Gasteiger partial charge on any atom is -0.478 e. The molecular weight excluding hydrogens is 392 g/mol. The van der Waals surface area contributed by atoms with E-state index in [9.17, 15) is 4.79 Å². The third kappa shape index (κ3) is 4.48. The number of fused-ring (bicyclic) bond motifs is 1. The smallest absolute Gasteiger partial charge is 0.394 e. The highest BCUT2D eigenvalue weighted by Crippen LogP contribution is 2.26. The normalized spacial score (nSPS) is 15.5. The highest BCUT2D eigenvalue weighted by Gasteiger charge is 2.36. The fourth-order valence-corrected chi connectivity index (χ4v) is 3.57. The van der Waals surface area contributed by atoms with Crippen LogP contribution in [0.15, 0.2) is 52.9 Å². The zero-order valence-electron chi connectivity index (χ0n) is 16.4. The molecule has 0 unspecified atom stereocenters. The van der Waals surface area contributed by atoms with E-state index in [1.165, 1.54) is 0 Å². The van der Waals surface area contributed by atoms with Crippen molar-refractivity contribution in [3.63, 3.8) is 0 Å². The van der Waals surface area contributed by atoms with Crippen molar-refractivity contribution in [3.8, 4) is 11.8 Å². The van der Waals surface area contributed by atoms with Gasteiger partial charge in [-0.15, -0.1) is 0 Å². The Morgan fingerprint density at radius 3 is 2.52 bits per heavy atom. The third-order valence-corrected chi connectivity index (χ3v) is 5.22. The number of para-hydroxylation sites is 2. The lowest BCUT2D eigenvalue weighted by Gasteiger charge is -2.36. The maximum Gasteiger partial charge on any atom is 0.394 e. The van der Waals surface area contributed by atoms with Gasteiger partial charge < -0.3 is 18.8 Å². The Hall–Kier alpha value is -2.73. The molecule has 1 amide bonds. The summed E-state index contributed by atoms with van der Waals surface area (Å²) >= 11 is 5.91. The van der Waals surface area contributed by atoms with E-state index in [0.29, 0.717) is 42.3 Å². The number of aromatic nitrogens is 1. The summed E-state index contributed by atoms with van der Waals surface area (Å²) in [6.07, 6.45) is 1.66. The van der Waals surface area contributed by atoms with Crippen molar-refractivity contribution in [1.82, 2.24) is 9.88 Å². The van der Waals surface area contributed by atoms with Crippen LogP contribution >= 0.6 is 11.6 Å². The summed E-state index contributed by atoms with van der Waals surface area (Å²) in [4.78, 5) is 19.2. The van der Waals surface area contributed by atoms with Gasteiger partial charge in [-0.3, -0.25) is 4.79 Å². The van der Waals surface area contributed by atoms with E-state index in [1.54, 1.807) is 38.1 Å². The van der Waals surface area contributed by atoms with Gasteiger partial charge in [0.05, 0.1) is 0 Å². The van der Waals surface area contributed by atoms with Gasteiger partial charge >= 0.3 is 6.08 Å². The average molecular weight is 415 g/mol. The second-order valence-corrected chi connectivity index (χ2v) is 8.06. The van der Waals surface area contributed by atoms with Crippen molar-refractivity contribution in [2.45, 2.75) is 38.4 Å². The summed E-state index contributed by atoms with van der Waals surface area (Å²) in [5.41, 5.74) is 0.509. The number of nitrogens with zero attached hydrogens (tertiary/aromatic N) is 2. The number of ether oxygens (including phenoxy) is 2. The number of carbonyl (C=O) groups is 1. The molecule has 29 heavy (non-hydrogen) atoms. The summed E-state index contributed by atoms with van der Waals surface area (Å²) in [5, 5.41) is 0.627. The van der Waals surface area contributed by atoms with Crippen molar-refractivity contribution >= 4 is 28.6 Å². The number of benzene rings is 2. The molecule has 0 saturated carbocycles. The van der Waals surface area contributed by atoms with Gasteiger partial charge in [0.15, 0.2) is 11.2 Å². The van der Waals surface area contributed by atoms with E-state index in [-0.39, 0.29) is 18.1 Å². The van der Waals surface area contributed by atoms with Crippen LogP contribution in [0.5, 0.6) is 11.8 Å². The first-order chi connectivity index (χ1) is 13.9. The molecule has 7 heteroatoms. The zero-order valence-corrected chi connectivity index (χ0v) is 17.2. The molecule has 1 fully saturated rings. The lowest BCUT2D eigenvalue weighted by Crippen LogP contribution is -2.52. The molecule has 1 aliphatic heterocycles. The van der Waals surface area contributed by atoms with Gasteiger partial charge in [-0.1, -0.05) is 23.7 Å². The van der Waals surface area contributed by atoms with E-state index < -0.39 is 5.60 Å². The second-order valence-electron chi connectivity index (χ2n) is 7.62. The van der Waals surface area contributed by atoms with Gasteiger partial charge in [-0.25, -0.2) is 0 Å². The first-order valence-corrected chi connectivity index (χ1v) is 10.0. The molecule has 6 nitrogen and oxygen atoms in total. The minimum atomic E-state index is -0.970. The number of amides is 1. The molecule has 0 radical (unpaired) electrons.